The molecular weight excluding hydrogens is 318 g/mol. The van der Waals surface area contributed by atoms with Gasteiger partial charge in [-0.25, -0.2) is 9.44 Å². The number of methoxy groups -OCH3 is 1. The highest BCUT2D eigenvalue weighted by Gasteiger charge is 2.10. The third-order valence-corrected chi connectivity index (χ3v) is 4.30. The van der Waals surface area contributed by atoms with E-state index in [0.717, 1.165) is 17.7 Å². The average Bonchev–Trinajstić information content (AvgIpc) is 3.02. The molecule has 1 aromatic carbocycles. The highest BCUT2D eigenvalue weighted by atomic mass is 32.2. The number of hydrogen-bond acceptors (Lipinski definition) is 5. The molecule has 8 heteroatoms. The van der Waals surface area contributed by atoms with E-state index >= 15 is 0 Å². The molecule has 0 amide bonds. The average molecular weight is 339 g/mol. The summed E-state index contributed by atoms with van der Waals surface area (Å²) in [7, 11) is -1.84. The lowest BCUT2D eigenvalue weighted by Crippen LogP contribution is -2.37. The number of aromatic nitrogens is 1. The monoisotopic (exact) mass is 339 g/mol. The van der Waals surface area contributed by atoms with Gasteiger partial charge in [0.25, 0.3) is 10.2 Å². The van der Waals surface area contributed by atoms with Crippen LogP contribution in [0.3, 0.4) is 0 Å². The summed E-state index contributed by atoms with van der Waals surface area (Å²) in [5.74, 6) is 1.35. The van der Waals surface area contributed by atoms with Gasteiger partial charge in [-0.1, -0.05) is 24.2 Å². The van der Waals surface area contributed by atoms with E-state index < -0.39 is 10.2 Å². The number of rotatable bonds is 9. The molecule has 23 heavy (non-hydrogen) atoms. The third-order valence-electron chi connectivity index (χ3n) is 3.13. The fourth-order valence-corrected chi connectivity index (χ4v) is 2.89. The first kappa shape index (κ1) is 17.5. The molecule has 0 aliphatic rings. The predicted molar refractivity (Wildman–Crippen MR) is 87.4 cm³/mol. The zero-order valence-corrected chi connectivity index (χ0v) is 14.0. The van der Waals surface area contributed by atoms with Crippen molar-refractivity contribution in [2.45, 2.75) is 19.8 Å². The van der Waals surface area contributed by atoms with Gasteiger partial charge in [0.05, 0.1) is 12.8 Å². The minimum absolute atomic E-state index is 0.253. The highest BCUT2D eigenvalue weighted by molar-refractivity contribution is 7.87. The van der Waals surface area contributed by atoms with Gasteiger partial charge in [0.2, 0.25) is 0 Å². The quantitative estimate of drug-likeness (QED) is 0.726. The highest BCUT2D eigenvalue weighted by Crippen LogP contribution is 2.24. The largest absolute Gasteiger partial charge is 0.497 e. The van der Waals surface area contributed by atoms with Gasteiger partial charge in [-0.2, -0.15) is 8.42 Å². The van der Waals surface area contributed by atoms with Gasteiger partial charge < -0.3 is 9.26 Å². The van der Waals surface area contributed by atoms with Crippen molar-refractivity contribution >= 4 is 10.2 Å². The number of hydrogen-bond donors (Lipinski definition) is 2. The SMILES string of the molecule is CCCNS(=O)(=O)NCCc1cc(-c2cccc(OC)c2)on1. The van der Waals surface area contributed by atoms with Gasteiger partial charge in [0.15, 0.2) is 5.76 Å². The molecule has 0 saturated heterocycles. The van der Waals surface area contributed by atoms with Crippen LogP contribution in [0.5, 0.6) is 5.75 Å². The smallest absolute Gasteiger partial charge is 0.276 e. The van der Waals surface area contributed by atoms with E-state index in [9.17, 15) is 8.42 Å². The number of nitrogens with one attached hydrogen (secondary N) is 2. The molecule has 2 N–H and O–H groups in total. The van der Waals surface area contributed by atoms with Crippen LogP contribution >= 0.6 is 0 Å². The molecule has 2 rings (SSSR count). The molecule has 2 aromatic rings. The first-order chi connectivity index (χ1) is 11.0. The molecule has 0 aliphatic carbocycles. The lowest BCUT2D eigenvalue weighted by Gasteiger charge is -2.05. The second kappa shape index (κ2) is 8.09. The van der Waals surface area contributed by atoms with E-state index in [1.54, 1.807) is 13.2 Å². The van der Waals surface area contributed by atoms with Crippen molar-refractivity contribution in [3.8, 4) is 17.1 Å². The van der Waals surface area contributed by atoms with Crippen LogP contribution < -0.4 is 14.2 Å². The summed E-state index contributed by atoms with van der Waals surface area (Å²) in [4.78, 5) is 0. The van der Waals surface area contributed by atoms with Crippen LogP contribution in [-0.2, 0) is 16.6 Å². The van der Waals surface area contributed by atoms with E-state index in [1.807, 2.05) is 31.2 Å². The topological polar surface area (TPSA) is 93.5 Å². The van der Waals surface area contributed by atoms with Crippen molar-refractivity contribution in [1.29, 1.82) is 0 Å². The molecule has 0 spiro atoms. The Morgan fingerprint density at radius 2 is 2.00 bits per heavy atom. The summed E-state index contributed by atoms with van der Waals surface area (Å²) in [5, 5.41) is 3.96. The van der Waals surface area contributed by atoms with Crippen LogP contribution in [0.25, 0.3) is 11.3 Å². The molecule has 0 aliphatic heterocycles. The fourth-order valence-electron chi connectivity index (χ4n) is 1.94. The minimum atomic E-state index is -3.44. The lowest BCUT2D eigenvalue weighted by molar-refractivity contribution is 0.412. The maximum atomic E-state index is 11.6. The molecule has 0 saturated carbocycles. The Hall–Kier alpha value is -1.90. The molecule has 0 radical (unpaired) electrons. The lowest BCUT2D eigenvalue weighted by atomic mass is 10.1. The van der Waals surface area contributed by atoms with Crippen molar-refractivity contribution in [2.24, 2.45) is 0 Å². The van der Waals surface area contributed by atoms with Crippen LogP contribution in [0.1, 0.15) is 19.0 Å². The van der Waals surface area contributed by atoms with Crippen LogP contribution in [0.4, 0.5) is 0 Å². The van der Waals surface area contributed by atoms with Crippen molar-refractivity contribution < 1.29 is 17.7 Å². The van der Waals surface area contributed by atoms with Crippen LogP contribution in [0.15, 0.2) is 34.9 Å². The first-order valence-corrected chi connectivity index (χ1v) is 8.86. The maximum absolute atomic E-state index is 11.6. The molecule has 0 unspecified atom stereocenters. The molecule has 1 heterocycles. The van der Waals surface area contributed by atoms with Crippen LogP contribution in [0, 0.1) is 0 Å². The van der Waals surface area contributed by atoms with Gasteiger partial charge >= 0.3 is 0 Å². The Kier molecular flexibility index (Phi) is 6.14. The van der Waals surface area contributed by atoms with E-state index in [4.69, 9.17) is 9.26 Å². The van der Waals surface area contributed by atoms with Crippen molar-refractivity contribution in [1.82, 2.24) is 14.6 Å². The van der Waals surface area contributed by atoms with E-state index in [1.165, 1.54) is 0 Å². The second-order valence-corrected chi connectivity index (χ2v) is 6.54. The predicted octanol–water partition coefficient (Wildman–Crippen LogP) is 1.73. The Bertz CT molecular complexity index is 728. The molecule has 126 valence electrons. The Morgan fingerprint density at radius 1 is 1.22 bits per heavy atom. The molecule has 1 aromatic heterocycles. The van der Waals surface area contributed by atoms with Crippen molar-refractivity contribution in [2.75, 3.05) is 20.2 Å². The van der Waals surface area contributed by atoms with Gasteiger partial charge in [0, 0.05) is 31.1 Å². The van der Waals surface area contributed by atoms with E-state index in [0.29, 0.717) is 24.4 Å². The Balaban J connectivity index is 1.92. The van der Waals surface area contributed by atoms with Crippen LogP contribution in [-0.4, -0.2) is 33.8 Å². The van der Waals surface area contributed by atoms with Crippen molar-refractivity contribution in [3.05, 3.63) is 36.0 Å². The van der Waals surface area contributed by atoms with E-state index in [-0.39, 0.29) is 6.54 Å². The molecule has 0 fully saturated rings. The summed E-state index contributed by atoms with van der Waals surface area (Å²) in [5.41, 5.74) is 1.54. The van der Waals surface area contributed by atoms with Gasteiger partial charge in [0.1, 0.15) is 5.75 Å². The molecule has 0 bridgehead atoms. The molecule has 7 nitrogen and oxygen atoms in total. The number of benzene rings is 1. The molecular formula is C15H21N3O4S. The van der Waals surface area contributed by atoms with Gasteiger partial charge in [-0.05, 0) is 18.6 Å². The van der Waals surface area contributed by atoms with Crippen molar-refractivity contribution in [3.63, 3.8) is 0 Å². The van der Waals surface area contributed by atoms with Gasteiger partial charge in [-0.3, -0.25) is 0 Å². The van der Waals surface area contributed by atoms with Gasteiger partial charge in [-0.15, -0.1) is 0 Å². The zero-order chi connectivity index (χ0) is 16.7. The summed E-state index contributed by atoms with van der Waals surface area (Å²) in [6.07, 6.45) is 1.19. The molecule has 0 atom stereocenters. The summed E-state index contributed by atoms with van der Waals surface area (Å²) >= 11 is 0. The zero-order valence-electron chi connectivity index (χ0n) is 13.2. The summed E-state index contributed by atoms with van der Waals surface area (Å²) < 4.78 is 38.6. The second-order valence-electron chi connectivity index (χ2n) is 4.96. The third kappa shape index (κ3) is 5.34. The number of ether oxygens (including phenoxy) is 1. The van der Waals surface area contributed by atoms with Crippen LogP contribution in [0.2, 0.25) is 0 Å². The normalized spacial score (nSPS) is 11.6. The maximum Gasteiger partial charge on any atom is 0.276 e. The fraction of sp³-hybridized carbons (Fsp3) is 0.400. The Labute approximate surface area is 136 Å². The first-order valence-electron chi connectivity index (χ1n) is 7.38. The Morgan fingerprint density at radius 3 is 2.74 bits per heavy atom. The summed E-state index contributed by atoms with van der Waals surface area (Å²) in [6, 6.07) is 9.25. The number of nitrogens with zero attached hydrogens (tertiary/aromatic N) is 1. The standard InChI is InChI=1S/C15H21N3O4S/c1-3-8-16-23(19,20)17-9-7-13-11-15(22-18-13)12-5-4-6-14(10-12)21-2/h4-6,10-11,16-17H,3,7-9H2,1-2H3. The summed E-state index contributed by atoms with van der Waals surface area (Å²) in [6.45, 7) is 2.57. The van der Waals surface area contributed by atoms with E-state index in [2.05, 4.69) is 14.6 Å². The minimum Gasteiger partial charge on any atom is -0.497 e.